The van der Waals surface area contributed by atoms with Gasteiger partial charge in [0, 0.05) is 16.1 Å². The van der Waals surface area contributed by atoms with Gasteiger partial charge in [-0.2, -0.15) is 0 Å². The summed E-state index contributed by atoms with van der Waals surface area (Å²) in [6.07, 6.45) is 0. The van der Waals surface area contributed by atoms with Crippen molar-refractivity contribution in [2.24, 2.45) is 0 Å². The molecule has 0 saturated heterocycles. The average molecular weight is 429 g/mol. The van der Waals surface area contributed by atoms with Gasteiger partial charge in [0.1, 0.15) is 18.2 Å². The number of nitrogens with zero attached hydrogens (tertiary/aromatic N) is 1. The van der Waals surface area contributed by atoms with Crippen LogP contribution in [0.25, 0.3) is 0 Å². The van der Waals surface area contributed by atoms with Crippen LogP contribution in [0.4, 0.5) is 20.2 Å². The van der Waals surface area contributed by atoms with Crippen LogP contribution < -0.4 is 10.2 Å². The molecule has 0 radical (unpaired) electrons. The van der Waals surface area contributed by atoms with Gasteiger partial charge in [-0.1, -0.05) is 41.9 Å². The standard InChI is InChI=1S/C22H15ClF2N2O3/c23-14-8-9-18(17(25)11-14)26-20(28)12-27-19-7-2-1-6-16(19)22(30,21(27)29)13-4-3-5-15(24)10-13/h1-11,30H,12H2,(H,26,28)/t22-/m1/s1. The molecule has 0 aromatic heterocycles. The molecule has 1 aliphatic rings. The highest BCUT2D eigenvalue weighted by Gasteiger charge is 2.51. The molecule has 2 amide bonds. The maximum Gasteiger partial charge on any atom is 0.268 e. The zero-order chi connectivity index (χ0) is 21.5. The van der Waals surface area contributed by atoms with E-state index in [0.717, 1.165) is 17.0 Å². The number of anilines is 2. The van der Waals surface area contributed by atoms with Crippen LogP contribution in [0, 0.1) is 11.6 Å². The van der Waals surface area contributed by atoms with Crippen LogP contribution in [0.5, 0.6) is 0 Å². The van der Waals surface area contributed by atoms with Crippen LogP contribution in [0.3, 0.4) is 0 Å². The van der Waals surface area contributed by atoms with Crippen molar-refractivity contribution in [3.05, 3.63) is 94.5 Å². The first kappa shape index (κ1) is 20.0. The Morgan fingerprint density at radius 1 is 1.07 bits per heavy atom. The highest BCUT2D eigenvalue weighted by Crippen LogP contribution is 2.44. The summed E-state index contributed by atoms with van der Waals surface area (Å²) in [5, 5.41) is 13.9. The maximum absolute atomic E-state index is 14.0. The smallest absolute Gasteiger partial charge is 0.268 e. The van der Waals surface area contributed by atoms with Gasteiger partial charge in [0.2, 0.25) is 5.91 Å². The van der Waals surface area contributed by atoms with E-state index < -0.39 is 35.6 Å². The van der Waals surface area contributed by atoms with Gasteiger partial charge < -0.3 is 10.4 Å². The van der Waals surface area contributed by atoms with E-state index in [0.29, 0.717) is 5.69 Å². The minimum Gasteiger partial charge on any atom is -0.372 e. The maximum atomic E-state index is 14.0. The Bertz CT molecular complexity index is 1170. The zero-order valence-corrected chi connectivity index (χ0v) is 16.2. The molecule has 0 spiro atoms. The molecule has 0 unspecified atom stereocenters. The Balaban J connectivity index is 1.66. The summed E-state index contributed by atoms with van der Waals surface area (Å²) < 4.78 is 27.7. The SMILES string of the molecule is O=C(CN1C(=O)[C@@](O)(c2cccc(F)c2)c2ccccc21)Nc1ccc(Cl)cc1F. The molecule has 4 rings (SSSR count). The summed E-state index contributed by atoms with van der Waals surface area (Å²) in [6, 6.07) is 15.2. The topological polar surface area (TPSA) is 69.6 Å². The second kappa shape index (κ2) is 7.51. The third kappa shape index (κ3) is 3.32. The van der Waals surface area contributed by atoms with E-state index in [1.54, 1.807) is 18.2 Å². The summed E-state index contributed by atoms with van der Waals surface area (Å²) in [6.45, 7) is -0.477. The molecule has 0 aliphatic carbocycles. The first-order valence-electron chi connectivity index (χ1n) is 8.95. The third-order valence-corrected chi connectivity index (χ3v) is 5.12. The lowest BCUT2D eigenvalue weighted by atomic mass is 9.87. The van der Waals surface area contributed by atoms with Crippen molar-refractivity contribution >= 4 is 34.8 Å². The molecular weight excluding hydrogens is 414 g/mol. The first-order valence-corrected chi connectivity index (χ1v) is 9.33. The molecule has 3 aromatic carbocycles. The number of halogens is 3. The number of fused-ring (bicyclic) bond motifs is 1. The number of benzene rings is 3. The Morgan fingerprint density at radius 3 is 2.57 bits per heavy atom. The van der Waals surface area contributed by atoms with Crippen LogP contribution in [-0.2, 0) is 15.2 Å². The van der Waals surface area contributed by atoms with Crippen molar-refractivity contribution in [3.63, 3.8) is 0 Å². The molecule has 3 aromatic rings. The second-order valence-corrected chi connectivity index (χ2v) is 7.24. The predicted octanol–water partition coefficient (Wildman–Crippen LogP) is 3.84. The molecule has 1 heterocycles. The number of carbonyl (C=O) groups excluding carboxylic acids is 2. The van der Waals surface area contributed by atoms with Crippen LogP contribution in [0.1, 0.15) is 11.1 Å². The molecule has 0 saturated carbocycles. The minimum absolute atomic E-state index is 0.0478. The van der Waals surface area contributed by atoms with Crippen molar-refractivity contribution in [2.45, 2.75) is 5.60 Å². The number of amides is 2. The lowest BCUT2D eigenvalue weighted by molar-refractivity contribution is -0.133. The third-order valence-electron chi connectivity index (χ3n) is 4.89. The molecule has 1 atom stereocenters. The fourth-order valence-corrected chi connectivity index (χ4v) is 3.67. The summed E-state index contributed by atoms with van der Waals surface area (Å²) in [7, 11) is 0. The zero-order valence-electron chi connectivity index (χ0n) is 15.4. The Labute approximate surface area is 175 Å². The van der Waals surface area contributed by atoms with Gasteiger partial charge in [-0.25, -0.2) is 8.78 Å². The molecule has 1 aliphatic heterocycles. The molecule has 0 fully saturated rings. The molecule has 8 heteroatoms. The Kier molecular flexibility index (Phi) is 5.01. The highest BCUT2D eigenvalue weighted by molar-refractivity contribution is 6.30. The number of para-hydroxylation sites is 1. The number of hydrogen-bond acceptors (Lipinski definition) is 3. The average Bonchev–Trinajstić information content (AvgIpc) is 2.93. The van der Waals surface area contributed by atoms with Crippen molar-refractivity contribution < 1.29 is 23.5 Å². The monoisotopic (exact) mass is 428 g/mol. The molecular formula is C22H15ClF2N2O3. The minimum atomic E-state index is -2.15. The van der Waals surface area contributed by atoms with Gasteiger partial charge in [0.25, 0.3) is 5.91 Å². The van der Waals surface area contributed by atoms with E-state index in [1.165, 1.54) is 36.4 Å². The number of nitrogens with one attached hydrogen (secondary N) is 1. The fourth-order valence-electron chi connectivity index (χ4n) is 3.51. The summed E-state index contributed by atoms with van der Waals surface area (Å²) >= 11 is 5.71. The van der Waals surface area contributed by atoms with Gasteiger partial charge in [-0.05, 0) is 36.4 Å². The van der Waals surface area contributed by atoms with Crippen molar-refractivity contribution in [1.29, 1.82) is 0 Å². The van der Waals surface area contributed by atoms with E-state index in [-0.39, 0.29) is 21.8 Å². The molecule has 2 N–H and O–H groups in total. The van der Waals surface area contributed by atoms with E-state index in [2.05, 4.69) is 5.32 Å². The second-order valence-electron chi connectivity index (χ2n) is 6.80. The van der Waals surface area contributed by atoms with E-state index in [9.17, 15) is 23.5 Å². The van der Waals surface area contributed by atoms with Crippen molar-refractivity contribution in [3.8, 4) is 0 Å². The van der Waals surface area contributed by atoms with E-state index in [4.69, 9.17) is 11.6 Å². The van der Waals surface area contributed by atoms with Gasteiger partial charge in [0.05, 0.1) is 11.4 Å². The molecule has 152 valence electrons. The molecule has 0 bridgehead atoms. The lowest BCUT2D eigenvalue weighted by Crippen LogP contribution is -2.44. The number of aliphatic hydroxyl groups is 1. The first-order chi connectivity index (χ1) is 14.3. The highest BCUT2D eigenvalue weighted by atomic mass is 35.5. The van der Waals surface area contributed by atoms with Gasteiger partial charge in [-0.3, -0.25) is 14.5 Å². The van der Waals surface area contributed by atoms with Gasteiger partial charge >= 0.3 is 0 Å². The largest absolute Gasteiger partial charge is 0.372 e. The number of rotatable bonds is 4. The van der Waals surface area contributed by atoms with Crippen molar-refractivity contribution in [2.75, 3.05) is 16.8 Å². The Morgan fingerprint density at radius 2 is 1.83 bits per heavy atom. The quantitative estimate of drug-likeness (QED) is 0.663. The van der Waals surface area contributed by atoms with Crippen LogP contribution in [0.2, 0.25) is 5.02 Å². The normalized spacial score (nSPS) is 17.7. The Hall–Kier alpha value is -3.29. The molecule has 30 heavy (non-hydrogen) atoms. The predicted molar refractivity (Wildman–Crippen MR) is 108 cm³/mol. The summed E-state index contributed by atoms with van der Waals surface area (Å²) in [4.78, 5) is 26.8. The van der Waals surface area contributed by atoms with Crippen molar-refractivity contribution in [1.82, 2.24) is 0 Å². The van der Waals surface area contributed by atoms with Crippen LogP contribution >= 0.6 is 11.6 Å². The lowest BCUT2D eigenvalue weighted by Gasteiger charge is -2.23. The fraction of sp³-hybridized carbons (Fsp3) is 0.0909. The van der Waals surface area contributed by atoms with Gasteiger partial charge in [-0.15, -0.1) is 0 Å². The summed E-state index contributed by atoms with van der Waals surface area (Å²) in [5.74, 6) is -2.82. The van der Waals surface area contributed by atoms with E-state index >= 15 is 0 Å². The van der Waals surface area contributed by atoms with E-state index in [1.807, 2.05) is 0 Å². The molecule has 5 nitrogen and oxygen atoms in total. The summed E-state index contributed by atoms with van der Waals surface area (Å²) in [5.41, 5.74) is -1.66. The van der Waals surface area contributed by atoms with Crippen LogP contribution in [0.15, 0.2) is 66.7 Å². The number of hydrogen-bond donors (Lipinski definition) is 2. The van der Waals surface area contributed by atoms with Gasteiger partial charge in [0.15, 0.2) is 5.60 Å². The number of carbonyl (C=O) groups is 2. The van der Waals surface area contributed by atoms with Crippen LogP contribution in [-0.4, -0.2) is 23.5 Å².